The quantitative estimate of drug-likeness (QED) is 0.555. The van der Waals surface area contributed by atoms with Gasteiger partial charge in [0.1, 0.15) is 11.6 Å². The van der Waals surface area contributed by atoms with E-state index >= 15 is 0 Å². The maximum absolute atomic E-state index is 13.9. The van der Waals surface area contributed by atoms with Crippen molar-refractivity contribution in [3.63, 3.8) is 0 Å². The van der Waals surface area contributed by atoms with E-state index in [1.165, 1.54) is 11.0 Å². The van der Waals surface area contributed by atoms with Crippen LogP contribution in [0.15, 0.2) is 18.2 Å². The van der Waals surface area contributed by atoms with Gasteiger partial charge in [-0.3, -0.25) is 19.4 Å². The molecule has 178 valence electrons. The molecule has 0 bridgehead atoms. The highest BCUT2D eigenvalue weighted by atomic mass is 19.1. The molecule has 32 heavy (non-hydrogen) atoms. The van der Waals surface area contributed by atoms with Gasteiger partial charge in [-0.2, -0.15) is 0 Å². The Morgan fingerprint density at radius 1 is 1.09 bits per heavy atom. The molecule has 2 saturated heterocycles. The third kappa shape index (κ3) is 6.42. The molecule has 2 amide bonds. The van der Waals surface area contributed by atoms with Gasteiger partial charge in [0.15, 0.2) is 0 Å². The highest BCUT2D eigenvalue weighted by Gasteiger charge is 2.37. The van der Waals surface area contributed by atoms with E-state index in [-0.39, 0.29) is 29.7 Å². The second-order valence-corrected chi connectivity index (χ2v) is 9.31. The smallest absolute Gasteiger partial charge is 0.234 e. The van der Waals surface area contributed by atoms with Crippen molar-refractivity contribution in [3.8, 4) is 5.75 Å². The first-order valence-corrected chi connectivity index (χ1v) is 11.8. The Morgan fingerprint density at radius 2 is 1.81 bits per heavy atom. The fraction of sp³-hybridized carbons (Fsp3) is 0.667. The van der Waals surface area contributed by atoms with Gasteiger partial charge in [0, 0.05) is 57.8 Å². The van der Waals surface area contributed by atoms with Gasteiger partial charge in [0.05, 0.1) is 17.7 Å². The molecular weight excluding hydrogens is 411 g/mol. The predicted octanol–water partition coefficient (Wildman–Crippen LogP) is 2.50. The van der Waals surface area contributed by atoms with Gasteiger partial charge in [0.25, 0.3) is 0 Å². The highest BCUT2D eigenvalue weighted by molar-refractivity contribution is 6.03. The molecule has 1 atom stereocenters. The molecule has 0 aliphatic carbocycles. The van der Waals surface area contributed by atoms with E-state index < -0.39 is 0 Å². The van der Waals surface area contributed by atoms with Gasteiger partial charge >= 0.3 is 0 Å². The number of nitrogens with zero attached hydrogens (tertiary/aromatic N) is 3. The zero-order valence-corrected chi connectivity index (χ0v) is 19.8. The van der Waals surface area contributed by atoms with Crippen LogP contribution < -0.4 is 15.0 Å². The minimum atomic E-state index is -0.264. The van der Waals surface area contributed by atoms with Crippen LogP contribution in [0.2, 0.25) is 0 Å². The van der Waals surface area contributed by atoms with Crippen molar-refractivity contribution in [1.29, 1.82) is 0 Å². The molecule has 2 aliphatic rings. The van der Waals surface area contributed by atoms with Gasteiger partial charge < -0.3 is 15.0 Å². The van der Waals surface area contributed by atoms with Crippen LogP contribution in [0.3, 0.4) is 0 Å². The number of ether oxygens (including phenoxy) is 1. The second-order valence-electron chi connectivity index (χ2n) is 9.31. The highest BCUT2D eigenvalue weighted by Crippen LogP contribution is 2.31. The lowest BCUT2D eigenvalue weighted by Gasteiger charge is -2.37. The average Bonchev–Trinajstić information content (AvgIpc) is 3.01. The standard InChI is InChI=1S/C24H37FN4O3/c1-17(2)26-16-19-14-23(30)29(24(19)31)9-5-8-27-10-12-28(13-11-27)21-15-20(25)6-7-22(21)32-18(3)4/h6-7,15,17-19,26H,5,8-14,16H2,1-4H3. The topological polar surface area (TPSA) is 65.1 Å². The number of anilines is 1. The molecule has 1 unspecified atom stereocenters. The van der Waals surface area contributed by atoms with Crippen molar-refractivity contribution >= 4 is 17.5 Å². The molecule has 7 nitrogen and oxygen atoms in total. The average molecular weight is 449 g/mol. The zero-order chi connectivity index (χ0) is 23.3. The number of benzene rings is 1. The number of nitrogens with one attached hydrogen (secondary N) is 1. The third-order valence-electron chi connectivity index (χ3n) is 5.96. The summed E-state index contributed by atoms with van der Waals surface area (Å²) in [5.41, 5.74) is 0.799. The van der Waals surface area contributed by atoms with Crippen molar-refractivity contribution in [2.75, 3.05) is 50.7 Å². The molecule has 2 aliphatic heterocycles. The van der Waals surface area contributed by atoms with Crippen LogP contribution in [0.25, 0.3) is 0 Å². The fourth-order valence-electron chi connectivity index (χ4n) is 4.28. The molecular formula is C24H37FN4O3. The Morgan fingerprint density at radius 3 is 2.47 bits per heavy atom. The number of carbonyl (C=O) groups excluding carboxylic acids is 2. The van der Waals surface area contributed by atoms with E-state index in [1.54, 1.807) is 12.1 Å². The molecule has 2 fully saturated rings. The molecule has 1 N–H and O–H groups in total. The summed E-state index contributed by atoms with van der Waals surface area (Å²) in [4.78, 5) is 30.8. The van der Waals surface area contributed by atoms with Crippen LogP contribution in [0.4, 0.5) is 10.1 Å². The minimum absolute atomic E-state index is 0.0252. The maximum atomic E-state index is 13.9. The van der Waals surface area contributed by atoms with Gasteiger partial charge in [-0.05, 0) is 38.9 Å². The van der Waals surface area contributed by atoms with Crippen molar-refractivity contribution in [3.05, 3.63) is 24.0 Å². The van der Waals surface area contributed by atoms with Crippen molar-refractivity contribution in [2.24, 2.45) is 5.92 Å². The molecule has 0 spiro atoms. The van der Waals surface area contributed by atoms with Crippen LogP contribution in [0, 0.1) is 11.7 Å². The van der Waals surface area contributed by atoms with E-state index in [2.05, 4.69) is 15.1 Å². The second kappa shape index (κ2) is 11.1. The number of rotatable bonds is 10. The first kappa shape index (κ1) is 24.5. The van der Waals surface area contributed by atoms with Crippen LogP contribution in [-0.4, -0.2) is 79.6 Å². The Bertz CT molecular complexity index is 793. The number of imide groups is 1. The first-order chi connectivity index (χ1) is 15.2. The van der Waals surface area contributed by atoms with E-state index in [1.807, 2.05) is 27.7 Å². The molecule has 0 radical (unpaired) electrons. The van der Waals surface area contributed by atoms with Crippen LogP contribution in [0.1, 0.15) is 40.5 Å². The number of hydrogen-bond donors (Lipinski definition) is 1. The first-order valence-electron chi connectivity index (χ1n) is 11.8. The summed E-state index contributed by atoms with van der Waals surface area (Å²) in [6.07, 6.45) is 1.10. The van der Waals surface area contributed by atoms with Gasteiger partial charge in [-0.25, -0.2) is 4.39 Å². The van der Waals surface area contributed by atoms with Crippen LogP contribution in [0.5, 0.6) is 5.75 Å². The monoisotopic (exact) mass is 448 g/mol. The molecule has 1 aromatic carbocycles. The van der Waals surface area contributed by atoms with E-state index in [0.717, 1.165) is 44.8 Å². The number of hydrogen-bond acceptors (Lipinski definition) is 6. The minimum Gasteiger partial charge on any atom is -0.489 e. The third-order valence-corrected chi connectivity index (χ3v) is 5.96. The molecule has 0 saturated carbocycles. The summed E-state index contributed by atoms with van der Waals surface area (Å²) in [5.74, 6) is 0.112. The van der Waals surface area contributed by atoms with Gasteiger partial charge in [-0.15, -0.1) is 0 Å². The predicted molar refractivity (Wildman–Crippen MR) is 123 cm³/mol. The SMILES string of the molecule is CC(C)NCC1CC(=O)N(CCCN2CCN(c3cc(F)ccc3OC(C)C)CC2)C1=O. The summed E-state index contributed by atoms with van der Waals surface area (Å²) >= 11 is 0. The van der Waals surface area contributed by atoms with E-state index in [0.29, 0.717) is 31.3 Å². The van der Waals surface area contributed by atoms with Crippen LogP contribution in [-0.2, 0) is 9.59 Å². The zero-order valence-electron chi connectivity index (χ0n) is 19.8. The number of likely N-dealkylation sites (tertiary alicyclic amines) is 1. The molecule has 0 aromatic heterocycles. The Kier molecular flexibility index (Phi) is 8.48. The molecule has 1 aromatic rings. The number of piperazine rings is 1. The maximum Gasteiger partial charge on any atom is 0.234 e. The Balaban J connectivity index is 1.45. The lowest BCUT2D eigenvalue weighted by Crippen LogP contribution is -2.47. The number of amides is 2. The van der Waals surface area contributed by atoms with Crippen molar-refractivity contribution < 1.29 is 18.7 Å². The van der Waals surface area contributed by atoms with E-state index in [9.17, 15) is 14.0 Å². The Labute approximate surface area is 190 Å². The van der Waals surface area contributed by atoms with Crippen LogP contribution >= 0.6 is 0 Å². The van der Waals surface area contributed by atoms with Gasteiger partial charge in [0.2, 0.25) is 11.8 Å². The lowest BCUT2D eigenvalue weighted by atomic mass is 10.1. The van der Waals surface area contributed by atoms with Crippen molar-refractivity contribution in [2.45, 2.75) is 52.7 Å². The lowest BCUT2D eigenvalue weighted by molar-refractivity contribution is -0.139. The Hall–Kier alpha value is -2.19. The van der Waals surface area contributed by atoms with Crippen molar-refractivity contribution in [1.82, 2.24) is 15.1 Å². The fourth-order valence-corrected chi connectivity index (χ4v) is 4.28. The number of carbonyl (C=O) groups is 2. The van der Waals surface area contributed by atoms with Gasteiger partial charge in [-0.1, -0.05) is 13.8 Å². The largest absolute Gasteiger partial charge is 0.489 e. The summed E-state index contributed by atoms with van der Waals surface area (Å²) < 4.78 is 19.7. The summed E-state index contributed by atoms with van der Waals surface area (Å²) in [5, 5.41) is 3.26. The molecule has 2 heterocycles. The summed E-state index contributed by atoms with van der Waals surface area (Å²) in [7, 11) is 0. The molecule has 3 rings (SSSR count). The summed E-state index contributed by atoms with van der Waals surface area (Å²) in [6, 6.07) is 4.97. The van der Waals surface area contributed by atoms with E-state index in [4.69, 9.17) is 4.74 Å². The molecule has 8 heteroatoms. The number of halogens is 1. The normalized spacial score (nSPS) is 20.2. The summed E-state index contributed by atoms with van der Waals surface area (Å²) in [6.45, 7) is 13.1.